The summed E-state index contributed by atoms with van der Waals surface area (Å²) < 4.78 is 24.5. The zero-order valence-electron chi connectivity index (χ0n) is 14.1. The molecule has 0 saturated carbocycles. The molecule has 128 valence electrons. The van der Waals surface area contributed by atoms with Crippen molar-refractivity contribution in [3.05, 3.63) is 35.4 Å². The van der Waals surface area contributed by atoms with Gasteiger partial charge in [-0.05, 0) is 42.4 Å². The average molecular weight is 338 g/mol. The van der Waals surface area contributed by atoms with E-state index in [-0.39, 0.29) is 5.91 Å². The molecule has 2 atom stereocenters. The number of benzene rings is 1. The average Bonchev–Trinajstić information content (AvgIpc) is 2.45. The second-order valence-corrected chi connectivity index (χ2v) is 8.60. The molecule has 1 aromatic rings. The first-order valence-electron chi connectivity index (χ1n) is 8.07. The van der Waals surface area contributed by atoms with Crippen LogP contribution in [-0.2, 0) is 16.4 Å². The van der Waals surface area contributed by atoms with Crippen molar-refractivity contribution >= 4 is 15.9 Å². The van der Waals surface area contributed by atoms with Crippen molar-refractivity contribution in [2.75, 3.05) is 25.9 Å². The SMILES string of the molecule is C[C@H]1C[C@H](C)CN(C(=O)c2ccc(CCNS(C)(=O)=O)cc2)C1. The molecule has 1 N–H and O–H groups in total. The van der Waals surface area contributed by atoms with Gasteiger partial charge in [-0.3, -0.25) is 4.79 Å². The number of piperidine rings is 1. The fraction of sp³-hybridized carbons (Fsp3) is 0.588. The van der Waals surface area contributed by atoms with Gasteiger partial charge in [0.15, 0.2) is 0 Å². The summed E-state index contributed by atoms with van der Waals surface area (Å²) in [6.07, 6.45) is 2.94. The van der Waals surface area contributed by atoms with E-state index in [2.05, 4.69) is 18.6 Å². The predicted molar refractivity (Wildman–Crippen MR) is 91.8 cm³/mol. The van der Waals surface area contributed by atoms with Gasteiger partial charge in [0.05, 0.1) is 6.26 Å². The van der Waals surface area contributed by atoms with E-state index in [1.165, 1.54) is 6.42 Å². The van der Waals surface area contributed by atoms with Crippen molar-refractivity contribution in [3.8, 4) is 0 Å². The minimum absolute atomic E-state index is 0.0872. The van der Waals surface area contributed by atoms with E-state index >= 15 is 0 Å². The Hall–Kier alpha value is -1.40. The standard InChI is InChI=1S/C17H26N2O3S/c1-13-10-14(2)12-19(11-13)17(20)16-6-4-15(5-7-16)8-9-18-23(3,21)22/h4-7,13-14,18H,8-12H2,1-3H3/t13-,14-/m0/s1. The number of hydrogen-bond acceptors (Lipinski definition) is 3. The van der Waals surface area contributed by atoms with Gasteiger partial charge in [-0.15, -0.1) is 0 Å². The van der Waals surface area contributed by atoms with Gasteiger partial charge in [-0.1, -0.05) is 26.0 Å². The molecular weight excluding hydrogens is 312 g/mol. The van der Waals surface area contributed by atoms with Gasteiger partial charge in [0.25, 0.3) is 5.91 Å². The summed E-state index contributed by atoms with van der Waals surface area (Å²) in [6, 6.07) is 7.46. The van der Waals surface area contributed by atoms with Crippen LogP contribution in [0.4, 0.5) is 0 Å². The van der Waals surface area contributed by atoms with Crippen LogP contribution in [-0.4, -0.2) is 45.1 Å². The molecule has 0 aromatic heterocycles. The highest BCUT2D eigenvalue weighted by atomic mass is 32.2. The third-order valence-corrected chi connectivity index (χ3v) is 4.86. The van der Waals surface area contributed by atoms with Gasteiger partial charge in [-0.2, -0.15) is 0 Å². The summed E-state index contributed by atoms with van der Waals surface area (Å²) in [4.78, 5) is 14.5. The maximum absolute atomic E-state index is 12.6. The first kappa shape index (κ1) is 17.9. The third kappa shape index (κ3) is 5.62. The fourth-order valence-electron chi connectivity index (χ4n) is 3.21. The number of carbonyl (C=O) groups is 1. The van der Waals surface area contributed by atoms with Crippen molar-refractivity contribution in [2.45, 2.75) is 26.7 Å². The molecule has 1 fully saturated rings. The minimum atomic E-state index is -3.15. The van der Waals surface area contributed by atoms with E-state index in [1.54, 1.807) is 0 Å². The van der Waals surface area contributed by atoms with E-state index in [0.717, 1.165) is 24.9 Å². The van der Waals surface area contributed by atoms with E-state index in [9.17, 15) is 13.2 Å². The van der Waals surface area contributed by atoms with Gasteiger partial charge in [0, 0.05) is 25.2 Å². The van der Waals surface area contributed by atoms with Crippen LogP contribution in [0.3, 0.4) is 0 Å². The Labute approximate surface area is 139 Å². The summed E-state index contributed by atoms with van der Waals surface area (Å²) in [5, 5.41) is 0. The van der Waals surface area contributed by atoms with E-state index < -0.39 is 10.0 Å². The van der Waals surface area contributed by atoms with Gasteiger partial charge >= 0.3 is 0 Å². The Kier molecular flexibility index (Phi) is 5.81. The highest BCUT2D eigenvalue weighted by Gasteiger charge is 2.25. The number of amides is 1. The third-order valence-electron chi connectivity index (χ3n) is 4.13. The lowest BCUT2D eigenvalue weighted by Crippen LogP contribution is -2.42. The Bertz CT molecular complexity index is 630. The number of likely N-dealkylation sites (tertiary alicyclic amines) is 1. The van der Waals surface area contributed by atoms with Crippen molar-refractivity contribution in [1.82, 2.24) is 9.62 Å². The Morgan fingerprint density at radius 3 is 2.26 bits per heavy atom. The molecule has 0 unspecified atom stereocenters. The molecule has 0 spiro atoms. The molecule has 1 amide bonds. The predicted octanol–water partition coefficient (Wildman–Crippen LogP) is 1.90. The molecular formula is C17H26N2O3S. The van der Waals surface area contributed by atoms with Crippen LogP contribution >= 0.6 is 0 Å². The van der Waals surface area contributed by atoms with Gasteiger partial charge < -0.3 is 4.90 Å². The number of carbonyl (C=O) groups excluding carboxylic acids is 1. The molecule has 5 nitrogen and oxygen atoms in total. The van der Waals surface area contributed by atoms with E-state index in [0.29, 0.717) is 30.4 Å². The summed E-state index contributed by atoms with van der Waals surface area (Å²) in [5.74, 6) is 1.18. The summed E-state index contributed by atoms with van der Waals surface area (Å²) >= 11 is 0. The second-order valence-electron chi connectivity index (χ2n) is 6.77. The van der Waals surface area contributed by atoms with Crippen LogP contribution in [0.1, 0.15) is 36.2 Å². The monoisotopic (exact) mass is 338 g/mol. The molecule has 0 radical (unpaired) electrons. The quantitative estimate of drug-likeness (QED) is 0.892. The normalized spacial score (nSPS) is 22.1. The number of sulfonamides is 1. The van der Waals surface area contributed by atoms with Crippen molar-refractivity contribution < 1.29 is 13.2 Å². The molecule has 0 bridgehead atoms. The second kappa shape index (κ2) is 7.45. The molecule has 23 heavy (non-hydrogen) atoms. The number of nitrogens with zero attached hydrogens (tertiary/aromatic N) is 1. The van der Waals surface area contributed by atoms with Gasteiger partial charge in [0.1, 0.15) is 0 Å². The lowest BCUT2D eigenvalue weighted by atomic mass is 9.91. The summed E-state index contributed by atoms with van der Waals surface area (Å²) in [7, 11) is -3.15. The van der Waals surface area contributed by atoms with Crippen LogP contribution in [0.5, 0.6) is 0 Å². The highest BCUT2D eigenvalue weighted by molar-refractivity contribution is 7.88. The molecule has 0 aliphatic carbocycles. The topological polar surface area (TPSA) is 66.5 Å². The zero-order chi connectivity index (χ0) is 17.0. The Morgan fingerprint density at radius 1 is 1.17 bits per heavy atom. The maximum Gasteiger partial charge on any atom is 0.253 e. The summed E-state index contributed by atoms with van der Waals surface area (Å²) in [5.41, 5.74) is 1.71. The lowest BCUT2D eigenvalue weighted by Gasteiger charge is -2.35. The van der Waals surface area contributed by atoms with Gasteiger partial charge in [0.2, 0.25) is 10.0 Å². The molecule has 6 heteroatoms. The van der Waals surface area contributed by atoms with Crippen LogP contribution in [0, 0.1) is 11.8 Å². The zero-order valence-corrected chi connectivity index (χ0v) is 14.9. The lowest BCUT2D eigenvalue weighted by molar-refractivity contribution is 0.0623. The largest absolute Gasteiger partial charge is 0.338 e. The number of hydrogen-bond donors (Lipinski definition) is 1. The number of nitrogens with one attached hydrogen (secondary N) is 1. The molecule has 1 saturated heterocycles. The summed E-state index contributed by atoms with van der Waals surface area (Å²) in [6.45, 7) is 6.39. The maximum atomic E-state index is 12.6. The smallest absolute Gasteiger partial charge is 0.253 e. The molecule has 1 aliphatic rings. The first-order chi connectivity index (χ1) is 10.7. The molecule has 2 rings (SSSR count). The first-order valence-corrected chi connectivity index (χ1v) is 9.96. The van der Waals surface area contributed by atoms with Crippen LogP contribution in [0.15, 0.2) is 24.3 Å². The fourth-order valence-corrected chi connectivity index (χ4v) is 3.68. The van der Waals surface area contributed by atoms with Crippen LogP contribution in [0.25, 0.3) is 0 Å². The highest BCUT2D eigenvalue weighted by Crippen LogP contribution is 2.22. The minimum Gasteiger partial charge on any atom is -0.338 e. The number of rotatable bonds is 5. The molecule has 1 heterocycles. The van der Waals surface area contributed by atoms with E-state index in [1.807, 2.05) is 29.2 Å². The van der Waals surface area contributed by atoms with Crippen LogP contribution < -0.4 is 4.72 Å². The van der Waals surface area contributed by atoms with E-state index in [4.69, 9.17) is 0 Å². The van der Waals surface area contributed by atoms with Gasteiger partial charge in [-0.25, -0.2) is 13.1 Å². The Balaban J connectivity index is 1.94. The van der Waals surface area contributed by atoms with Crippen molar-refractivity contribution in [3.63, 3.8) is 0 Å². The van der Waals surface area contributed by atoms with Crippen LogP contribution in [0.2, 0.25) is 0 Å². The van der Waals surface area contributed by atoms with Crippen molar-refractivity contribution in [2.24, 2.45) is 11.8 Å². The molecule has 1 aromatic carbocycles. The molecule has 1 aliphatic heterocycles. The van der Waals surface area contributed by atoms with Crippen molar-refractivity contribution in [1.29, 1.82) is 0 Å². The Morgan fingerprint density at radius 2 is 1.74 bits per heavy atom.